The fourth-order valence-corrected chi connectivity index (χ4v) is 4.53. The zero-order valence-corrected chi connectivity index (χ0v) is 19.0. The molecule has 29 heavy (non-hydrogen) atoms. The summed E-state index contributed by atoms with van der Waals surface area (Å²) in [5.41, 5.74) is 6.50. The predicted molar refractivity (Wildman–Crippen MR) is 118 cm³/mol. The summed E-state index contributed by atoms with van der Waals surface area (Å²) < 4.78 is 26.0. The monoisotopic (exact) mass is 442 g/mol. The van der Waals surface area contributed by atoms with Crippen molar-refractivity contribution < 1.29 is 8.42 Å². The van der Waals surface area contributed by atoms with Crippen LogP contribution in [0.3, 0.4) is 0 Å². The number of hydrogen-bond donors (Lipinski definition) is 2. The molecule has 0 spiro atoms. The van der Waals surface area contributed by atoms with Gasteiger partial charge in [0.1, 0.15) is 5.82 Å². The van der Waals surface area contributed by atoms with E-state index in [2.05, 4.69) is 52.8 Å². The molecular weight excluding hydrogens is 412 g/mol. The number of nitrogens with two attached hydrogens (primary N) is 1. The zero-order chi connectivity index (χ0) is 21.5. The van der Waals surface area contributed by atoms with Crippen molar-refractivity contribution in [3.05, 3.63) is 11.8 Å². The van der Waals surface area contributed by atoms with Crippen LogP contribution in [0.1, 0.15) is 32.8 Å². The summed E-state index contributed by atoms with van der Waals surface area (Å²) in [6, 6.07) is 0. The molecule has 3 N–H and O–H groups in total. The summed E-state index contributed by atoms with van der Waals surface area (Å²) in [6.07, 6.45) is 2.10. The highest BCUT2D eigenvalue weighted by molar-refractivity contribution is 7.89. The van der Waals surface area contributed by atoms with Gasteiger partial charge < -0.3 is 11.1 Å². The van der Waals surface area contributed by atoms with Gasteiger partial charge in [-0.1, -0.05) is 32.6 Å². The fraction of sp³-hybridized carbons (Fsp3) is 0.684. The first-order chi connectivity index (χ1) is 13.6. The lowest BCUT2D eigenvalue weighted by molar-refractivity contribution is 0.207. The molecule has 0 aliphatic carbocycles. The zero-order valence-electron chi connectivity index (χ0n) is 17.4. The van der Waals surface area contributed by atoms with Crippen molar-refractivity contribution >= 4 is 33.4 Å². The maximum atomic E-state index is 12.2. The highest BCUT2D eigenvalue weighted by atomic mass is 35.5. The molecular formula is C19H31ClN6O2S. The summed E-state index contributed by atoms with van der Waals surface area (Å²) in [4.78, 5) is 10.4. The fourth-order valence-electron chi connectivity index (χ4n) is 2.75. The van der Waals surface area contributed by atoms with Crippen LogP contribution in [-0.2, 0) is 10.0 Å². The van der Waals surface area contributed by atoms with E-state index in [1.807, 2.05) is 0 Å². The molecule has 1 saturated heterocycles. The van der Waals surface area contributed by atoms with Crippen LogP contribution in [0.5, 0.6) is 0 Å². The molecule has 1 aliphatic heterocycles. The van der Waals surface area contributed by atoms with Crippen LogP contribution in [0.4, 0.5) is 11.8 Å². The maximum absolute atomic E-state index is 12.2. The lowest BCUT2D eigenvalue weighted by atomic mass is 9.97. The van der Waals surface area contributed by atoms with Gasteiger partial charge in [-0.05, 0) is 11.8 Å². The van der Waals surface area contributed by atoms with Gasteiger partial charge in [0.05, 0.1) is 24.1 Å². The minimum atomic E-state index is -3.21. The van der Waals surface area contributed by atoms with Gasteiger partial charge in [0.2, 0.25) is 16.0 Å². The Morgan fingerprint density at radius 3 is 2.59 bits per heavy atom. The number of nitrogens with one attached hydrogen (secondary N) is 1. The smallest absolute Gasteiger partial charge is 0.222 e. The van der Waals surface area contributed by atoms with E-state index in [-0.39, 0.29) is 17.1 Å². The third-order valence-electron chi connectivity index (χ3n) is 4.38. The minimum absolute atomic E-state index is 0.0915. The number of rotatable bonds is 7. The number of nitrogens with zero attached hydrogens (tertiary/aromatic N) is 4. The number of alkyl halides is 1. The molecule has 162 valence electrons. The molecule has 10 heteroatoms. The standard InChI is InChI=1S/C19H31ClN6O2S/c1-19(2,3)15-23-17-16(14-22-18(21)24-17)6-4-8-25-9-11-26(12-10-25)29(27,28)13-5-7-20/h14H,5,7-13,15H2,1-3H3,(H3,21,22,23,24). The molecule has 0 aromatic carbocycles. The van der Waals surface area contributed by atoms with Crippen LogP contribution in [0.15, 0.2) is 6.20 Å². The van der Waals surface area contributed by atoms with Crippen molar-refractivity contribution in [2.75, 3.05) is 62.0 Å². The van der Waals surface area contributed by atoms with Crippen LogP contribution in [0, 0.1) is 17.3 Å². The molecule has 1 aliphatic rings. The summed E-state index contributed by atoms with van der Waals surface area (Å²) in [6.45, 7) is 9.95. The Bertz CT molecular complexity index is 836. The number of piperazine rings is 1. The van der Waals surface area contributed by atoms with Gasteiger partial charge in [0, 0.05) is 38.6 Å². The van der Waals surface area contributed by atoms with E-state index in [0.717, 1.165) is 6.54 Å². The average Bonchev–Trinajstić information content (AvgIpc) is 2.66. The van der Waals surface area contributed by atoms with E-state index in [4.69, 9.17) is 17.3 Å². The molecule has 1 aromatic rings. The third kappa shape index (κ3) is 7.97. The van der Waals surface area contributed by atoms with Crippen LogP contribution in [0.2, 0.25) is 0 Å². The maximum Gasteiger partial charge on any atom is 0.222 e. The van der Waals surface area contributed by atoms with Gasteiger partial charge in [-0.3, -0.25) is 4.90 Å². The van der Waals surface area contributed by atoms with E-state index < -0.39 is 10.0 Å². The van der Waals surface area contributed by atoms with Crippen molar-refractivity contribution in [3.63, 3.8) is 0 Å². The SMILES string of the molecule is CC(C)(C)CNc1nc(N)ncc1C#CCN1CCN(S(=O)(=O)CCCCl)CC1. The van der Waals surface area contributed by atoms with Crippen molar-refractivity contribution in [2.45, 2.75) is 27.2 Å². The Hall–Kier alpha value is -1.60. The molecule has 0 unspecified atom stereocenters. The Balaban J connectivity index is 1.92. The number of sulfonamides is 1. The highest BCUT2D eigenvalue weighted by Gasteiger charge is 2.25. The third-order valence-corrected chi connectivity index (χ3v) is 6.60. The van der Waals surface area contributed by atoms with Crippen LogP contribution in [-0.4, -0.2) is 78.5 Å². The van der Waals surface area contributed by atoms with Gasteiger partial charge in [-0.2, -0.15) is 9.29 Å². The second-order valence-electron chi connectivity index (χ2n) is 8.24. The lowest BCUT2D eigenvalue weighted by Crippen LogP contribution is -2.49. The quantitative estimate of drug-likeness (QED) is 0.486. The van der Waals surface area contributed by atoms with Crippen molar-refractivity contribution in [1.82, 2.24) is 19.2 Å². The molecule has 0 amide bonds. The predicted octanol–water partition coefficient (Wildman–Crippen LogP) is 1.44. The summed E-state index contributed by atoms with van der Waals surface area (Å²) in [5, 5.41) is 3.29. The molecule has 1 aromatic heterocycles. The number of halogens is 1. The Morgan fingerprint density at radius 2 is 1.97 bits per heavy atom. The van der Waals surface area contributed by atoms with Crippen LogP contribution in [0.25, 0.3) is 0 Å². The van der Waals surface area contributed by atoms with Gasteiger partial charge in [-0.25, -0.2) is 13.4 Å². The minimum Gasteiger partial charge on any atom is -0.368 e. The van der Waals surface area contributed by atoms with Gasteiger partial charge >= 0.3 is 0 Å². The Labute approximate surface area is 179 Å². The molecule has 0 radical (unpaired) electrons. The van der Waals surface area contributed by atoms with E-state index in [9.17, 15) is 8.42 Å². The molecule has 1 fully saturated rings. The summed E-state index contributed by atoms with van der Waals surface area (Å²) in [5.74, 6) is 7.57. The second kappa shape index (κ2) is 10.4. The van der Waals surface area contributed by atoms with Crippen molar-refractivity contribution in [3.8, 4) is 11.8 Å². The van der Waals surface area contributed by atoms with Gasteiger partial charge in [0.25, 0.3) is 0 Å². The molecule has 8 nitrogen and oxygen atoms in total. The Kier molecular flexibility index (Phi) is 8.52. The first kappa shape index (κ1) is 23.7. The largest absolute Gasteiger partial charge is 0.368 e. The summed E-state index contributed by atoms with van der Waals surface area (Å²) in [7, 11) is -3.21. The van der Waals surface area contributed by atoms with Crippen LogP contribution < -0.4 is 11.1 Å². The lowest BCUT2D eigenvalue weighted by Gasteiger charge is -2.32. The number of anilines is 2. The Morgan fingerprint density at radius 1 is 1.28 bits per heavy atom. The number of nitrogen functional groups attached to an aromatic ring is 1. The van der Waals surface area contributed by atoms with E-state index in [1.54, 1.807) is 10.5 Å². The first-order valence-corrected chi connectivity index (χ1v) is 11.9. The van der Waals surface area contributed by atoms with E-state index in [0.29, 0.717) is 56.4 Å². The van der Waals surface area contributed by atoms with Crippen molar-refractivity contribution in [2.24, 2.45) is 5.41 Å². The summed E-state index contributed by atoms with van der Waals surface area (Å²) >= 11 is 5.61. The normalized spacial score (nSPS) is 16.3. The van der Waals surface area contributed by atoms with Gasteiger partial charge in [-0.15, -0.1) is 11.6 Å². The molecule has 0 bridgehead atoms. The van der Waals surface area contributed by atoms with Crippen molar-refractivity contribution in [1.29, 1.82) is 0 Å². The molecule has 2 heterocycles. The van der Waals surface area contributed by atoms with E-state index in [1.165, 1.54) is 0 Å². The number of aromatic nitrogens is 2. The molecule has 0 saturated carbocycles. The second-order valence-corrected chi connectivity index (χ2v) is 10.7. The van der Waals surface area contributed by atoms with Crippen LogP contribution >= 0.6 is 11.6 Å². The average molecular weight is 443 g/mol. The number of hydrogen-bond acceptors (Lipinski definition) is 7. The molecule has 0 atom stereocenters. The first-order valence-electron chi connectivity index (χ1n) is 9.72. The topological polar surface area (TPSA) is 104 Å². The molecule has 2 rings (SSSR count). The highest BCUT2D eigenvalue weighted by Crippen LogP contribution is 2.17. The van der Waals surface area contributed by atoms with Gasteiger partial charge in [0.15, 0.2) is 0 Å². The van der Waals surface area contributed by atoms with E-state index >= 15 is 0 Å².